The zero-order valence-electron chi connectivity index (χ0n) is 9.17. The molecule has 0 saturated carbocycles. The van der Waals surface area contributed by atoms with Crippen LogP contribution < -0.4 is 5.32 Å². The Morgan fingerprint density at radius 3 is 2.14 bits per heavy atom. The molecule has 1 aromatic carbocycles. The fraction of sp³-hybridized carbons (Fsp3) is 0.500. The second kappa shape index (κ2) is 4.74. The van der Waals surface area contributed by atoms with Gasteiger partial charge < -0.3 is 5.32 Å². The molecule has 0 bridgehead atoms. The number of nitrogens with one attached hydrogen (secondary N) is 1. The topological polar surface area (TPSA) is 12.0 Å². The molecule has 0 unspecified atom stereocenters. The van der Waals surface area contributed by atoms with Gasteiger partial charge in [-0.05, 0) is 23.1 Å². The third-order valence-electron chi connectivity index (χ3n) is 2.19. The van der Waals surface area contributed by atoms with Gasteiger partial charge in [0, 0.05) is 18.0 Å². The molecular formula is C12H19NS. The first-order valence-electron chi connectivity index (χ1n) is 4.99. The first-order valence-corrected chi connectivity index (χ1v) is 5.62. The van der Waals surface area contributed by atoms with Crippen LogP contribution in [0.1, 0.15) is 26.3 Å². The highest BCUT2D eigenvalue weighted by atomic mass is 32.1. The van der Waals surface area contributed by atoms with Crippen LogP contribution in [0.15, 0.2) is 24.3 Å². The van der Waals surface area contributed by atoms with Crippen molar-refractivity contribution in [3.8, 4) is 0 Å². The Hall–Kier alpha value is -0.630. The molecule has 0 fully saturated rings. The molecule has 0 atom stereocenters. The normalized spacial score (nSPS) is 11.4. The lowest BCUT2D eigenvalue weighted by Crippen LogP contribution is -2.11. The molecule has 1 aromatic rings. The Morgan fingerprint density at radius 2 is 1.71 bits per heavy atom. The SMILES string of the molecule is CC(C)(C)c1ccc(NCCS)cc1. The quantitative estimate of drug-likeness (QED) is 0.728. The van der Waals surface area contributed by atoms with Gasteiger partial charge in [0.2, 0.25) is 0 Å². The molecule has 14 heavy (non-hydrogen) atoms. The molecule has 0 spiro atoms. The lowest BCUT2D eigenvalue weighted by atomic mass is 9.87. The summed E-state index contributed by atoms with van der Waals surface area (Å²) >= 11 is 4.15. The van der Waals surface area contributed by atoms with Crippen molar-refractivity contribution in [1.29, 1.82) is 0 Å². The van der Waals surface area contributed by atoms with Crippen LogP contribution in [-0.2, 0) is 5.41 Å². The number of hydrogen-bond donors (Lipinski definition) is 2. The average molecular weight is 209 g/mol. The van der Waals surface area contributed by atoms with Gasteiger partial charge in [-0.2, -0.15) is 12.6 Å². The molecule has 0 saturated heterocycles. The molecule has 1 N–H and O–H groups in total. The number of anilines is 1. The van der Waals surface area contributed by atoms with Gasteiger partial charge >= 0.3 is 0 Å². The smallest absolute Gasteiger partial charge is 0.0340 e. The van der Waals surface area contributed by atoms with Crippen molar-refractivity contribution in [3.63, 3.8) is 0 Å². The summed E-state index contributed by atoms with van der Waals surface area (Å²) in [4.78, 5) is 0. The standard InChI is InChI=1S/C12H19NS/c1-12(2,3)10-4-6-11(7-5-10)13-8-9-14/h4-7,13-14H,8-9H2,1-3H3. The molecule has 1 rings (SSSR count). The van der Waals surface area contributed by atoms with E-state index in [1.807, 2.05) is 0 Å². The summed E-state index contributed by atoms with van der Waals surface area (Å²) in [6, 6.07) is 8.62. The number of thiol groups is 1. The summed E-state index contributed by atoms with van der Waals surface area (Å²) < 4.78 is 0. The third-order valence-corrected chi connectivity index (χ3v) is 2.42. The average Bonchev–Trinajstić information content (AvgIpc) is 2.14. The van der Waals surface area contributed by atoms with E-state index >= 15 is 0 Å². The van der Waals surface area contributed by atoms with E-state index in [9.17, 15) is 0 Å². The molecule has 2 heteroatoms. The fourth-order valence-corrected chi connectivity index (χ4v) is 1.40. The van der Waals surface area contributed by atoms with Crippen LogP contribution in [0.25, 0.3) is 0 Å². The second-order valence-corrected chi connectivity index (χ2v) is 4.92. The van der Waals surface area contributed by atoms with Crippen molar-refractivity contribution in [2.45, 2.75) is 26.2 Å². The van der Waals surface area contributed by atoms with Crippen LogP contribution in [0.5, 0.6) is 0 Å². The summed E-state index contributed by atoms with van der Waals surface area (Å²) in [5.41, 5.74) is 2.78. The van der Waals surface area contributed by atoms with Gasteiger partial charge in [0.25, 0.3) is 0 Å². The van der Waals surface area contributed by atoms with Crippen molar-refractivity contribution in [2.75, 3.05) is 17.6 Å². The van der Waals surface area contributed by atoms with E-state index < -0.39 is 0 Å². The summed E-state index contributed by atoms with van der Waals surface area (Å²) in [5.74, 6) is 0.862. The highest BCUT2D eigenvalue weighted by molar-refractivity contribution is 7.80. The van der Waals surface area contributed by atoms with E-state index in [2.05, 4.69) is 63.0 Å². The van der Waals surface area contributed by atoms with Crippen molar-refractivity contribution < 1.29 is 0 Å². The monoisotopic (exact) mass is 209 g/mol. The molecule has 0 radical (unpaired) electrons. The summed E-state index contributed by atoms with van der Waals surface area (Å²) in [5, 5.41) is 3.30. The van der Waals surface area contributed by atoms with E-state index in [0.717, 1.165) is 12.3 Å². The molecule has 0 heterocycles. The Bertz CT molecular complexity index is 271. The Balaban J connectivity index is 2.69. The molecule has 0 aliphatic heterocycles. The van der Waals surface area contributed by atoms with Crippen molar-refractivity contribution in [2.24, 2.45) is 0 Å². The summed E-state index contributed by atoms with van der Waals surface area (Å²) in [6.45, 7) is 7.59. The minimum Gasteiger partial charge on any atom is -0.384 e. The van der Waals surface area contributed by atoms with E-state index in [1.165, 1.54) is 11.3 Å². The minimum absolute atomic E-state index is 0.238. The van der Waals surface area contributed by atoms with Gasteiger partial charge in [-0.15, -0.1) is 0 Å². The van der Waals surface area contributed by atoms with Crippen LogP contribution in [0, 0.1) is 0 Å². The summed E-state index contributed by atoms with van der Waals surface area (Å²) in [6.07, 6.45) is 0. The lowest BCUT2D eigenvalue weighted by Gasteiger charge is -2.19. The van der Waals surface area contributed by atoms with Crippen LogP contribution in [0.2, 0.25) is 0 Å². The molecule has 78 valence electrons. The predicted molar refractivity (Wildman–Crippen MR) is 67.5 cm³/mol. The molecule has 0 aliphatic carbocycles. The van der Waals surface area contributed by atoms with Gasteiger partial charge in [0.05, 0.1) is 0 Å². The van der Waals surface area contributed by atoms with Gasteiger partial charge in [-0.3, -0.25) is 0 Å². The van der Waals surface area contributed by atoms with E-state index in [4.69, 9.17) is 0 Å². The van der Waals surface area contributed by atoms with Crippen LogP contribution in [0.4, 0.5) is 5.69 Å². The molecule has 0 aromatic heterocycles. The van der Waals surface area contributed by atoms with Crippen molar-refractivity contribution in [1.82, 2.24) is 0 Å². The molecule has 1 nitrogen and oxygen atoms in total. The molecule has 0 aliphatic rings. The van der Waals surface area contributed by atoms with Gasteiger partial charge in [-0.25, -0.2) is 0 Å². The maximum Gasteiger partial charge on any atom is 0.0340 e. The Kier molecular flexibility index (Phi) is 3.87. The maximum absolute atomic E-state index is 4.15. The zero-order valence-corrected chi connectivity index (χ0v) is 10.1. The molecule has 0 amide bonds. The van der Waals surface area contributed by atoms with Gasteiger partial charge in [-0.1, -0.05) is 32.9 Å². The summed E-state index contributed by atoms with van der Waals surface area (Å²) in [7, 11) is 0. The fourth-order valence-electron chi connectivity index (χ4n) is 1.29. The second-order valence-electron chi connectivity index (χ2n) is 4.48. The largest absolute Gasteiger partial charge is 0.384 e. The maximum atomic E-state index is 4.15. The van der Waals surface area contributed by atoms with Gasteiger partial charge in [0.15, 0.2) is 0 Å². The highest BCUT2D eigenvalue weighted by Crippen LogP contribution is 2.23. The first-order chi connectivity index (χ1) is 6.54. The third kappa shape index (κ3) is 3.26. The van der Waals surface area contributed by atoms with Crippen LogP contribution in [0.3, 0.4) is 0 Å². The van der Waals surface area contributed by atoms with Crippen LogP contribution >= 0.6 is 12.6 Å². The first kappa shape index (κ1) is 11.4. The Morgan fingerprint density at radius 1 is 1.14 bits per heavy atom. The van der Waals surface area contributed by atoms with E-state index in [-0.39, 0.29) is 5.41 Å². The van der Waals surface area contributed by atoms with Crippen molar-refractivity contribution >= 4 is 18.3 Å². The predicted octanol–water partition coefficient (Wildman–Crippen LogP) is 3.33. The van der Waals surface area contributed by atoms with Crippen molar-refractivity contribution in [3.05, 3.63) is 29.8 Å². The molecular weight excluding hydrogens is 190 g/mol. The van der Waals surface area contributed by atoms with Crippen LogP contribution in [-0.4, -0.2) is 12.3 Å². The zero-order chi connectivity index (χ0) is 10.6. The Labute approximate surface area is 92.3 Å². The lowest BCUT2D eigenvalue weighted by molar-refractivity contribution is 0.590. The van der Waals surface area contributed by atoms with E-state index in [1.54, 1.807) is 0 Å². The van der Waals surface area contributed by atoms with E-state index in [0.29, 0.717) is 0 Å². The highest BCUT2D eigenvalue weighted by Gasteiger charge is 2.12. The number of hydrogen-bond acceptors (Lipinski definition) is 2. The minimum atomic E-state index is 0.238. The number of benzene rings is 1. The number of rotatable bonds is 3. The van der Waals surface area contributed by atoms with Gasteiger partial charge in [0.1, 0.15) is 0 Å².